The fourth-order valence-electron chi connectivity index (χ4n) is 2.79. The van der Waals surface area contributed by atoms with Gasteiger partial charge in [0, 0.05) is 16.1 Å². The normalized spacial score (nSPS) is 18.4. The zero-order valence-corrected chi connectivity index (χ0v) is 15.7. The maximum atomic E-state index is 12.9. The van der Waals surface area contributed by atoms with Crippen LogP contribution >= 0.6 is 11.6 Å². The van der Waals surface area contributed by atoms with Crippen molar-refractivity contribution in [2.24, 2.45) is 4.99 Å². The Hall–Kier alpha value is -1.82. The van der Waals surface area contributed by atoms with Crippen molar-refractivity contribution in [1.82, 2.24) is 0 Å². The van der Waals surface area contributed by atoms with Crippen molar-refractivity contribution in [3.63, 3.8) is 0 Å². The van der Waals surface area contributed by atoms with Gasteiger partial charge in [0.05, 0.1) is 11.4 Å². The monoisotopic (exact) mass is 374 g/mol. The number of nitrogens with zero attached hydrogens (tertiary/aromatic N) is 2. The first-order chi connectivity index (χ1) is 12.0. The van der Waals surface area contributed by atoms with Gasteiger partial charge >= 0.3 is 0 Å². The summed E-state index contributed by atoms with van der Waals surface area (Å²) in [5.41, 5.74) is 3.13. The quantitative estimate of drug-likeness (QED) is 0.767. The Labute approximate surface area is 155 Å². The van der Waals surface area contributed by atoms with Crippen LogP contribution in [-0.4, -0.2) is 33.8 Å². The van der Waals surface area contributed by atoms with Gasteiger partial charge in [-0.15, -0.1) is 0 Å². The number of hydrogen-bond donors (Lipinski definition) is 0. The van der Waals surface area contributed by atoms with Crippen LogP contribution in [0.5, 0.6) is 0 Å². The molecule has 6 heteroatoms. The van der Waals surface area contributed by atoms with E-state index in [1.165, 1.54) is 0 Å². The minimum atomic E-state index is -1.12. The van der Waals surface area contributed by atoms with E-state index in [0.717, 1.165) is 16.8 Å². The maximum Gasteiger partial charge on any atom is 0.255 e. The fourth-order valence-corrected chi connectivity index (χ4v) is 3.70. The molecular formula is C19H19ClN2O2S. The number of anilines is 1. The smallest absolute Gasteiger partial charge is 0.255 e. The number of halogens is 1. The lowest BCUT2D eigenvalue weighted by atomic mass is 10.0. The molecule has 0 radical (unpaired) electrons. The summed E-state index contributed by atoms with van der Waals surface area (Å²) < 4.78 is 12.1. The lowest BCUT2D eigenvalue weighted by molar-refractivity contribution is -0.119. The summed E-state index contributed by atoms with van der Waals surface area (Å²) in [6, 6.07) is 14.5. The SMILES string of the molecule is CC[S+]([O-])CN1C(=O)C(C)N=C(c2ccccc2)c2cc(Cl)ccc21. The van der Waals surface area contributed by atoms with Gasteiger partial charge in [0.15, 0.2) is 5.88 Å². The summed E-state index contributed by atoms with van der Waals surface area (Å²) in [5, 5.41) is 0.570. The van der Waals surface area contributed by atoms with E-state index in [1.54, 1.807) is 24.0 Å². The third kappa shape index (κ3) is 3.73. The van der Waals surface area contributed by atoms with Crippen molar-refractivity contribution in [2.75, 3.05) is 16.5 Å². The van der Waals surface area contributed by atoms with Crippen LogP contribution < -0.4 is 4.90 Å². The molecule has 0 aromatic heterocycles. The predicted octanol–water partition coefficient (Wildman–Crippen LogP) is 3.64. The topological polar surface area (TPSA) is 55.7 Å². The number of aliphatic imine (C=N–C) groups is 1. The number of benzene rings is 2. The van der Waals surface area contributed by atoms with E-state index in [2.05, 4.69) is 4.99 Å². The first kappa shape index (κ1) is 18.0. The van der Waals surface area contributed by atoms with Crippen LogP contribution in [-0.2, 0) is 16.0 Å². The van der Waals surface area contributed by atoms with Crippen LogP contribution in [0, 0.1) is 0 Å². The molecule has 2 unspecified atom stereocenters. The molecular weight excluding hydrogens is 356 g/mol. The molecule has 0 saturated heterocycles. The van der Waals surface area contributed by atoms with E-state index < -0.39 is 17.2 Å². The van der Waals surface area contributed by atoms with Gasteiger partial charge in [0.2, 0.25) is 0 Å². The molecule has 2 aromatic carbocycles. The molecule has 130 valence electrons. The van der Waals surface area contributed by atoms with Gasteiger partial charge in [-0.2, -0.15) is 0 Å². The van der Waals surface area contributed by atoms with Crippen molar-refractivity contribution in [3.05, 3.63) is 64.7 Å². The molecule has 0 N–H and O–H groups in total. The number of carbonyl (C=O) groups excluding carboxylic acids is 1. The van der Waals surface area contributed by atoms with E-state index in [-0.39, 0.29) is 11.8 Å². The summed E-state index contributed by atoms with van der Waals surface area (Å²) in [6.45, 7) is 3.61. The molecule has 1 aliphatic heterocycles. The Morgan fingerprint density at radius 3 is 2.64 bits per heavy atom. The highest BCUT2D eigenvalue weighted by Crippen LogP contribution is 2.31. The van der Waals surface area contributed by atoms with Crippen LogP contribution in [0.15, 0.2) is 53.5 Å². The van der Waals surface area contributed by atoms with E-state index in [1.807, 2.05) is 43.3 Å². The zero-order chi connectivity index (χ0) is 18.0. The van der Waals surface area contributed by atoms with Crippen LogP contribution in [0.25, 0.3) is 0 Å². The molecule has 0 fully saturated rings. The number of amides is 1. The molecule has 2 atom stereocenters. The third-order valence-electron chi connectivity index (χ3n) is 4.09. The van der Waals surface area contributed by atoms with Gasteiger partial charge < -0.3 is 4.55 Å². The third-order valence-corrected chi connectivity index (χ3v) is 5.52. The van der Waals surface area contributed by atoms with Gasteiger partial charge in [-0.1, -0.05) is 41.9 Å². The summed E-state index contributed by atoms with van der Waals surface area (Å²) >= 11 is 5.10. The van der Waals surface area contributed by atoms with Crippen molar-refractivity contribution in [2.45, 2.75) is 19.9 Å². The number of hydrogen-bond acceptors (Lipinski definition) is 3. The number of fused-ring (bicyclic) bond motifs is 1. The second-order valence-corrected chi connectivity index (χ2v) is 7.96. The highest BCUT2D eigenvalue weighted by Gasteiger charge is 2.32. The van der Waals surface area contributed by atoms with E-state index in [9.17, 15) is 9.35 Å². The zero-order valence-electron chi connectivity index (χ0n) is 14.1. The molecule has 0 saturated carbocycles. The second-order valence-electron chi connectivity index (χ2n) is 5.81. The summed E-state index contributed by atoms with van der Waals surface area (Å²) in [7, 11) is 0. The molecule has 0 spiro atoms. The Morgan fingerprint density at radius 1 is 1.24 bits per heavy atom. The molecule has 1 amide bonds. The molecule has 1 aliphatic rings. The molecule has 4 nitrogen and oxygen atoms in total. The number of carbonyl (C=O) groups is 1. The largest absolute Gasteiger partial charge is 0.615 e. The van der Waals surface area contributed by atoms with Gasteiger partial charge in [-0.3, -0.25) is 14.7 Å². The van der Waals surface area contributed by atoms with E-state index >= 15 is 0 Å². The lowest BCUT2D eigenvalue weighted by Crippen LogP contribution is -2.40. The second kappa shape index (κ2) is 7.60. The van der Waals surface area contributed by atoms with Crippen LogP contribution in [0.2, 0.25) is 5.02 Å². The van der Waals surface area contributed by atoms with Gasteiger partial charge in [0.1, 0.15) is 11.8 Å². The molecule has 0 aliphatic carbocycles. The Bertz CT molecular complexity index is 810. The van der Waals surface area contributed by atoms with E-state index in [4.69, 9.17) is 11.6 Å². The van der Waals surface area contributed by atoms with Gasteiger partial charge in [-0.25, -0.2) is 0 Å². The van der Waals surface area contributed by atoms with Gasteiger partial charge in [0.25, 0.3) is 5.91 Å². The van der Waals surface area contributed by atoms with Crippen LogP contribution in [0.4, 0.5) is 5.69 Å². The first-order valence-corrected chi connectivity index (χ1v) is 9.97. The van der Waals surface area contributed by atoms with Crippen molar-refractivity contribution >= 4 is 40.1 Å². The predicted molar refractivity (Wildman–Crippen MR) is 104 cm³/mol. The molecule has 3 rings (SSSR count). The highest BCUT2D eigenvalue weighted by atomic mass is 35.5. The number of rotatable bonds is 4. The number of benzodiazepines with no additional fused rings is 1. The average molecular weight is 375 g/mol. The van der Waals surface area contributed by atoms with Crippen LogP contribution in [0.1, 0.15) is 25.0 Å². The summed E-state index contributed by atoms with van der Waals surface area (Å²) in [4.78, 5) is 19.1. The summed E-state index contributed by atoms with van der Waals surface area (Å²) in [6.07, 6.45) is 0. The van der Waals surface area contributed by atoms with Crippen molar-refractivity contribution in [1.29, 1.82) is 0 Å². The van der Waals surface area contributed by atoms with E-state index in [0.29, 0.717) is 16.5 Å². The Balaban J connectivity index is 2.18. The Kier molecular flexibility index (Phi) is 5.47. The first-order valence-electron chi connectivity index (χ1n) is 8.10. The molecule has 1 heterocycles. The highest BCUT2D eigenvalue weighted by molar-refractivity contribution is 7.91. The minimum absolute atomic E-state index is 0.156. The average Bonchev–Trinajstić information content (AvgIpc) is 2.72. The van der Waals surface area contributed by atoms with Crippen molar-refractivity contribution in [3.8, 4) is 0 Å². The maximum absolute atomic E-state index is 12.9. The fraction of sp³-hybridized carbons (Fsp3) is 0.263. The summed E-state index contributed by atoms with van der Waals surface area (Å²) in [5.74, 6) is 0.496. The minimum Gasteiger partial charge on any atom is -0.615 e. The Morgan fingerprint density at radius 2 is 1.96 bits per heavy atom. The van der Waals surface area contributed by atoms with Crippen LogP contribution in [0.3, 0.4) is 0 Å². The van der Waals surface area contributed by atoms with Gasteiger partial charge in [-0.05, 0) is 43.2 Å². The van der Waals surface area contributed by atoms with Crippen molar-refractivity contribution < 1.29 is 9.35 Å². The standard InChI is InChI=1S/C19H19ClN2O2S/c1-3-25(24)12-22-17-10-9-15(20)11-16(17)18(21-13(2)19(22)23)14-7-5-4-6-8-14/h4-11,13H,3,12H2,1-2H3. The molecule has 2 aromatic rings. The molecule has 25 heavy (non-hydrogen) atoms. The molecule has 0 bridgehead atoms. The lowest BCUT2D eigenvalue weighted by Gasteiger charge is -2.25.